The maximum atomic E-state index is 12.6. The molecule has 0 aliphatic rings. The van der Waals surface area contributed by atoms with Crippen molar-refractivity contribution in [3.8, 4) is 0 Å². The maximum Gasteiger partial charge on any atom is 0.416 e. The third kappa shape index (κ3) is 4.82. The molecule has 2 rings (SSSR count). The fourth-order valence-corrected chi connectivity index (χ4v) is 2.48. The van der Waals surface area contributed by atoms with Crippen molar-refractivity contribution in [1.29, 1.82) is 0 Å². The lowest BCUT2D eigenvalue weighted by atomic mass is 10.1. The molecule has 1 atom stereocenters. The first-order chi connectivity index (χ1) is 11.3. The molecule has 24 heavy (non-hydrogen) atoms. The van der Waals surface area contributed by atoms with Gasteiger partial charge >= 0.3 is 12.1 Å². The summed E-state index contributed by atoms with van der Waals surface area (Å²) in [5, 5.41) is 4.20. The number of nitrogens with one attached hydrogen (secondary N) is 1. The average Bonchev–Trinajstić information content (AvgIpc) is 3.06. The largest absolute Gasteiger partial charge is 0.459 e. The van der Waals surface area contributed by atoms with Crippen LogP contribution < -0.4 is 5.32 Å². The number of rotatable bonds is 5. The number of amides is 1. The zero-order valence-electron chi connectivity index (χ0n) is 12.6. The first kappa shape index (κ1) is 18.0. The Balaban J connectivity index is 1.89. The highest BCUT2D eigenvalue weighted by Gasteiger charge is 2.30. The van der Waals surface area contributed by atoms with E-state index in [1.54, 1.807) is 17.5 Å². The summed E-state index contributed by atoms with van der Waals surface area (Å²) in [6, 6.07) is 6.94. The van der Waals surface area contributed by atoms with Crippen LogP contribution in [0, 0.1) is 0 Å². The van der Waals surface area contributed by atoms with E-state index in [9.17, 15) is 22.8 Å². The molecule has 0 bridgehead atoms. The summed E-state index contributed by atoms with van der Waals surface area (Å²) in [6.07, 6.45) is -4.46. The molecule has 0 radical (unpaired) electrons. The molecule has 1 aromatic carbocycles. The van der Waals surface area contributed by atoms with Gasteiger partial charge in [-0.15, -0.1) is 11.3 Å². The van der Waals surface area contributed by atoms with E-state index in [-0.39, 0.29) is 12.2 Å². The molecule has 0 fully saturated rings. The van der Waals surface area contributed by atoms with Gasteiger partial charge in [0.1, 0.15) is 12.6 Å². The van der Waals surface area contributed by atoms with Gasteiger partial charge in [0.05, 0.1) is 10.4 Å². The predicted molar refractivity (Wildman–Crippen MR) is 82.5 cm³/mol. The molecule has 1 amide bonds. The van der Waals surface area contributed by atoms with Crippen molar-refractivity contribution in [2.24, 2.45) is 0 Å². The van der Waals surface area contributed by atoms with Crippen LogP contribution in [0.1, 0.15) is 27.7 Å². The third-order valence-electron chi connectivity index (χ3n) is 3.08. The van der Waals surface area contributed by atoms with Gasteiger partial charge < -0.3 is 10.1 Å². The van der Waals surface area contributed by atoms with E-state index in [0.717, 1.165) is 12.1 Å². The highest BCUT2D eigenvalue weighted by Crippen LogP contribution is 2.29. The molecule has 1 N–H and O–H groups in total. The lowest BCUT2D eigenvalue weighted by Gasteiger charge is -2.13. The quantitative estimate of drug-likeness (QED) is 0.832. The van der Waals surface area contributed by atoms with E-state index in [0.29, 0.717) is 4.88 Å². The minimum Gasteiger partial charge on any atom is -0.459 e. The first-order valence-corrected chi connectivity index (χ1v) is 7.82. The van der Waals surface area contributed by atoms with Crippen molar-refractivity contribution in [1.82, 2.24) is 5.32 Å². The Kier molecular flexibility index (Phi) is 5.61. The number of carbonyl (C=O) groups excluding carboxylic acids is 2. The van der Waals surface area contributed by atoms with E-state index in [2.05, 4.69) is 5.32 Å². The van der Waals surface area contributed by atoms with Crippen molar-refractivity contribution in [2.45, 2.75) is 25.7 Å². The Bertz CT molecular complexity index is 714. The lowest BCUT2D eigenvalue weighted by molar-refractivity contribution is -0.146. The van der Waals surface area contributed by atoms with Gasteiger partial charge in [0.25, 0.3) is 5.91 Å². The second-order valence-corrected chi connectivity index (χ2v) is 5.93. The van der Waals surface area contributed by atoms with Gasteiger partial charge in [0.2, 0.25) is 0 Å². The summed E-state index contributed by atoms with van der Waals surface area (Å²) < 4.78 is 42.8. The standard InChI is InChI=1S/C16H14F3NO3S/c1-10(20-14(21)13-6-3-7-24-13)15(22)23-9-11-4-2-5-12(8-11)16(17,18)19/h2-8,10H,9H2,1H3,(H,20,21). The average molecular weight is 357 g/mol. The van der Waals surface area contributed by atoms with Crippen molar-refractivity contribution < 1.29 is 27.5 Å². The van der Waals surface area contributed by atoms with E-state index in [1.165, 1.54) is 30.4 Å². The molecule has 2 aromatic rings. The number of esters is 1. The summed E-state index contributed by atoms with van der Waals surface area (Å²) in [5.41, 5.74) is -0.593. The van der Waals surface area contributed by atoms with E-state index >= 15 is 0 Å². The number of alkyl halides is 3. The van der Waals surface area contributed by atoms with Crippen molar-refractivity contribution in [3.63, 3.8) is 0 Å². The number of ether oxygens (including phenoxy) is 1. The number of carbonyl (C=O) groups is 2. The molecule has 0 saturated heterocycles. The molecule has 8 heteroatoms. The van der Waals surface area contributed by atoms with Crippen molar-refractivity contribution in [3.05, 3.63) is 57.8 Å². The van der Waals surface area contributed by atoms with Crippen LogP contribution in [0.25, 0.3) is 0 Å². The molecule has 1 unspecified atom stereocenters. The third-order valence-corrected chi connectivity index (χ3v) is 3.95. The van der Waals surface area contributed by atoms with Crippen LogP contribution in [-0.4, -0.2) is 17.9 Å². The molecule has 4 nitrogen and oxygen atoms in total. The summed E-state index contributed by atoms with van der Waals surface area (Å²) in [7, 11) is 0. The summed E-state index contributed by atoms with van der Waals surface area (Å²) in [4.78, 5) is 24.1. The molecule has 1 heterocycles. The van der Waals surface area contributed by atoms with Crippen LogP contribution in [0.3, 0.4) is 0 Å². The Morgan fingerprint density at radius 1 is 1.25 bits per heavy atom. The fourth-order valence-electron chi connectivity index (χ4n) is 1.85. The van der Waals surface area contributed by atoms with Crippen molar-refractivity contribution in [2.75, 3.05) is 0 Å². The normalized spacial score (nSPS) is 12.5. The van der Waals surface area contributed by atoms with Crippen LogP contribution >= 0.6 is 11.3 Å². The first-order valence-electron chi connectivity index (χ1n) is 6.94. The van der Waals surface area contributed by atoms with Gasteiger partial charge in [0.15, 0.2) is 0 Å². The van der Waals surface area contributed by atoms with E-state index < -0.39 is 29.7 Å². The molecule has 128 valence electrons. The Hall–Kier alpha value is -2.35. The molecule has 0 aliphatic heterocycles. The molecule has 0 spiro atoms. The van der Waals surface area contributed by atoms with Crippen LogP contribution in [0.5, 0.6) is 0 Å². The van der Waals surface area contributed by atoms with Gasteiger partial charge in [-0.05, 0) is 36.1 Å². The topological polar surface area (TPSA) is 55.4 Å². The lowest BCUT2D eigenvalue weighted by Crippen LogP contribution is -2.39. The molecular formula is C16H14F3NO3S. The predicted octanol–water partition coefficient (Wildman–Crippen LogP) is 3.63. The Morgan fingerprint density at radius 2 is 2.00 bits per heavy atom. The number of hydrogen-bond donors (Lipinski definition) is 1. The van der Waals surface area contributed by atoms with Gasteiger partial charge in [-0.3, -0.25) is 4.79 Å². The van der Waals surface area contributed by atoms with E-state index in [1.807, 2.05) is 0 Å². The highest BCUT2D eigenvalue weighted by atomic mass is 32.1. The van der Waals surface area contributed by atoms with Crippen molar-refractivity contribution >= 4 is 23.2 Å². The zero-order chi connectivity index (χ0) is 17.7. The Morgan fingerprint density at radius 3 is 2.62 bits per heavy atom. The summed E-state index contributed by atoms with van der Waals surface area (Å²) in [6.45, 7) is 1.14. The monoisotopic (exact) mass is 357 g/mol. The van der Waals surface area contributed by atoms with E-state index in [4.69, 9.17) is 4.74 Å². The molecular weight excluding hydrogens is 343 g/mol. The smallest absolute Gasteiger partial charge is 0.416 e. The number of hydrogen-bond acceptors (Lipinski definition) is 4. The van der Waals surface area contributed by atoms with Crippen LogP contribution in [-0.2, 0) is 22.3 Å². The maximum absolute atomic E-state index is 12.6. The number of benzene rings is 1. The SMILES string of the molecule is CC(NC(=O)c1cccs1)C(=O)OCc1cccc(C(F)(F)F)c1. The van der Waals surface area contributed by atoms with Gasteiger partial charge in [-0.25, -0.2) is 4.79 Å². The zero-order valence-corrected chi connectivity index (χ0v) is 13.4. The van der Waals surface area contributed by atoms with Gasteiger partial charge in [-0.2, -0.15) is 13.2 Å². The second kappa shape index (κ2) is 7.48. The van der Waals surface area contributed by atoms with Crippen LogP contribution in [0.15, 0.2) is 41.8 Å². The summed E-state index contributed by atoms with van der Waals surface area (Å²) >= 11 is 1.23. The second-order valence-electron chi connectivity index (χ2n) is 4.98. The van der Waals surface area contributed by atoms with Gasteiger partial charge in [-0.1, -0.05) is 18.2 Å². The molecule has 1 aromatic heterocycles. The number of halogens is 3. The molecule has 0 aliphatic carbocycles. The highest BCUT2D eigenvalue weighted by molar-refractivity contribution is 7.12. The molecule has 0 saturated carbocycles. The fraction of sp³-hybridized carbons (Fsp3) is 0.250. The van der Waals surface area contributed by atoms with Crippen LogP contribution in [0.2, 0.25) is 0 Å². The number of thiophene rings is 1. The Labute approximate surface area is 140 Å². The minimum atomic E-state index is -4.46. The summed E-state index contributed by atoms with van der Waals surface area (Å²) in [5.74, 6) is -1.13. The van der Waals surface area contributed by atoms with Crippen LogP contribution in [0.4, 0.5) is 13.2 Å². The minimum absolute atomic E-state index is 0.218. The van der Waals surface area contributed by atoms with Gasteiger partial charge in [0, 0.05) is 0 Å².